The van der Waals surface area contributed by atoms with Crippen LogP contribution in [0.2, 0.25) is 0 Å². The number of ether oxygens (including phenoxy) is 1. The third-order valence-electron chi connectivity index (χ3n) is 2.35. The van der Waals surface area contributed by atoms with E-state index in [0.717, 1.165) is 0 Å². The van der Waals surface area contributed by atoms with Crippen molar-refractivity contribution in [2.45, 2.75) is 30.6 Å². The van der Waals surface area contributed by atoms with Gasteiger partial charge in [-0.1, -0.05) is 0 Å². The Morgan fingerprint density at radius 3 is 2.44 bits per heavy atom. The van der Waals surface area contributed by atoms with Gasteiger partial charge in [0.1, 0.15) is 30.2 Å². The first-order valence-corrected chi connectivity index (χ1v) is 5.20. The van der Waals surface area contributed by atoms with E-state index in [9.17, 15) is 20.1 Å². The van der Waals surface area contributed by atoms with E-state index in [0.29, 0.717) is 0 Å². The highest BCUT2D eigenvalue weighted by Gasteiger charge is 2.44. The molecule has 0 spiro atoms. The van der Waals surface area contributed by atoms with Crippen molar-refractivity contribution in [3.63, 3.8) is 0 Å². The van der Waals surface area contributed by atoms with E-state index in [4.69, 9.17) is 21.4 Å². The molecule has 0 aromatic carbocycles. The number of hydrogen-bond acceptors (Lipinski definition) is 6. The number of amides is 1. The molecular weight excluding hydrogens is 242 g/mol. The molecule has 1 aliphatic rings. The Balaban J connectivity index is 2.67. The number of alkyl halides is 1. The molecule has 0 bridgehead atoms. The number of rotatable bonds is 3. The molecule has 1 unspecified atom stereocenters. The van der Waals surface area contributed by atoms with E-state index in [1.165, 1.54) is 0 Å². The van der Waals surface area contributed by atoms with Crippen LogP contribution in [0.3, 0.4) is 0 Å². The Morgan fingerprint density at radius 1 is 1.31 bits per heavy atom. The first-order chi connectivity index (χ1) is 7.51. The number of halogens is 1. The number of nitrogens with one attached hydrogen (secondary N) is 1. The van der Waals surface area contributed by atoms with Gasteiger partial charge in [0, 0.05) is 0 Å². The molecule has 0 aromatic heterocycles. The molecule has 7 nitrogen and oxygen atoms in total. The van der Waals surface area contributed by atoms with Crippen molar-refractivity contribution in [3.05, 3.63) is 0 Å². The summed E-state index contributed by atoms with van der Waals surface area (Å²) >= 11 is 5.24. The van der Waals surface area contributed by atoms with Crippen LogP contribution >= 0.6 is 11.6 Å². The lowest BCUT2D eigenvalue weighted by atomic mass is 9.97. The molecule has 0 aliphatic carbocycles. The maximum atomic E-state index is 11.0. The molecule has 16 heavy (non-hydrogen) atoms. The van der Waals surface area contributed by atoms with E-state index in [2.05, 4.69) is 5.32 Å². The lowest BCUT2D eigenvalue weighted by Gasteiger charge is -2.40. The largest absolute Gasteiger partial charge is 0.394 e. The quantitative estimate of drug-likeness (QED) is 0.346. The topological polar surface area (TPSA) is 119 Å². The van der Waals surface area contributed by atoms with Gasteiger partial charge in [0.15, 0.2) is 6.29 Å². The fourth-order valence-corrected chi connectivity index (χ4v) is 1.55. The first-order valence-electron chi connectivity index (χ1n) is 4.67. The van der Waals surface area contributed by atoms with Gasteiger partial charge in [0.05, 0.1) is 6.61 Å². The maximum absolute atomic E-state index is 11.0. The average molecular weight is 256 g/mol. The summed E-state index contributed by atoms with van der Waals surface area (Å²) in [5.41, 5.74) is 0. The van der Waals surface area contributed by atoms with E-state index in [1.54, 1.807) is 0 Å². The van der Waals surface area contributed by atoms with Crippen LogP contribution in [-0.2, 0) is 9.53 Å². The second kappa shape index (κ2) is 5.76. The molecular formula is C8H14ClNO6. The van der Waals surface area contributed by atoms with Crippen LogP contribution in [0.5, 0.6) is 0 Å². The predicted octanol–water partition coefficient (Wildman–Crippen LogP) is -2.86. The highest BCUT2D eigenvalue weighted by molar-refractivity contribution is 6.27. The molecule has 0 aromatic rings. The van der Waals surface area contributed by atoms with Gasteiger partial charge in [-0.05, 0) is 0 Å². The van der Waals surface area contributed by atoms with Crippen LogP contribution in [0.25, 0.3) is 0 Å². The zero-order valence-corrected chi connectivity index (χ0v) is 9.04. The molecule has 94 valence electrons. The Kier molecular flexibility index (Phi) is 4.90. The number of aliphatic hydroxyl groups is 4. The van der Waals surface area contributed by atoms with Crippen LogP contribution in [0.4, 0.5) is 0 Å². The second-order valence-electron chi connectivity index (χ2n) is 3.46. The summed E-state index contributed by atoms with van der Waals surface area (Å²) in [6.07, 6.45) is -5.43. The number of carbonyl (C=O) groups is 1. The molecule has 1 aliphatic heterocycles. The fourth-order valence-electron chi connectivity index (χ4n) is 1.48. The van der Waals surface area contributed by atoms with Crippen molar-refractivity contribution in [3.8, 4) is 0 Å². The van der Waals surface area contributed by atoms with Gasteiger partial charge in [-0.15, -0.1) is 11.6 Å². The average Bonchev–Trinajstić information content (AvgIpc) is 2.28. The molecule has 0 radical (unpaired) electrons. The van der Waals surface area contributed by atoms with Crippen LogP contribution in [0.1, 0.15) is 0 Å². The van der Waals surface area contributed by atoms with E-state index >= 15 is 0 Å². The maximum Gasteiger partial charge on any atom is 0.235 e. The van der Waals surface area contributed by atoms with E-state index < -0.39 is 43.2 Å². The summed E-state index contributed by atoms with van der Waals surface area (Å²) in [7, 11) is 0. The third kappa shape index (κ3) is 2.82. The normalized spacial score (nSPS) is 39.4. The zero-order chi connectivity index (χ0) is 12.3. The molecule has 0 saturated carbocycles. The molecule has 1 amide bonds. The SMILES string of the molecule is O=C(CCl)N[C@H]1C(O)O[C@H](CO)[C@@H](O)[C@@H]1O. The van der Waals surface area contributed by atoms with Crippen LogP contribution in [0, 0.1) is 0 Å². The van der Waals surface area contributed by atoms with Crippen molar-refractivity contribution in [2.75, 3.05) is 12.5 Å². The zero-order valence-electron chi connectivity index (χ0n) is 8.28. The minimum Gasteiger partial charge on any atom is -0.394 e. The van der Waals surface area contributed by atoms with Gasteiger partial charge in [-0.2, -0.15) is 0 Å². The summed E-state index contributed by atoms with van der Waals surface area (Å²) in [6.45, 7) is -0.550. The monoisotopic (exact) mass is 255 g/mol. The summed E-state index contributed by atoms with van der Waals surface area (Å²) in [6, 6.07) is -1.18. The van der Waals surface area contributed by atoms with Crippen molar-refractivity contribution in [1.29, 1.82) is 0 Å². The van der Waals surface area contributed by atoms with Crippen molar-refractivity contribution in [2.24, 2.45) is 0 Å². The molecule has 5 N–H and O–H groups in total. The molecule has 1 heterocycles. The van der Waals surface area contributed by atoms with Crippen LogP contribution in [-0.4, -0.2) is 69.5 Å². The van der Waals surface area contributed by atoms with Crippen LogP contribution in [0.15, 0.2) is 0 Å². The number of hydrogen-bond donors (Lipinski definition) is 5. The lowest BCUT2D eigenvalue weighted by Crippen LogP contribution is -2.64. The highest BCUT2D eigenvalue weighted by atomic mass is 35.5. The highest BCUT2D eigenvalue weighted by Crippen LogP contribution is 2.19. The molecule has 5 atom stereocenters. The smallest absolute Gasteiger partial charge is 0.235 e. The van der Waals surface area contributed by atoms with Gasteiger partial charge in [-0.25, -0.2) is 0 Å². The minimum atomic E-state index is -1.51. The van der Waals surface area contributed by atoms with Gasteiger partial charge in [-0.3, -0.25) is 4.79 Å². The Morgan fingerprint density at radius 2 is 1.94 bits per heavy atom. The van der Waals surface area contributed by atoms with Gasteiger partial charge in [0.2, 0.25) is 5.91 Å². The summed E-state index contributed by atoms with van der Waals surface area (Å²) in [4.78, 5) is 11.0. The van der Waals surface area contributed by atoms with Crippen molar-refractivity contribution in [1.82, 2.24) is 5.32 Å². The van der Waals surface area contributed by atoms with Crippen molar-refractivity contribution >= 4 is 17.5 Å². The number of aliphatic hydroxyl groups excluding tert-OH is 4. The minimum absolute atomic E-state index is 0.338. The van der Waals surface area contributed by atoms with E-state index in [-0.39, 0.29) is 5.88 Å². The molecule has 1 rings (SSSR count). The molecule has 1 saturated heterocycles. The van der Waals surface area contributed by atoms with Gasteiger partial charge >= 0.3 is 0 Å². The summed E-state index contributed by atoms with van der Waals surface area (Å²) < 4.78 is 4.81. The Labute approximate surface area is 96.6 Å². The first kappa shape index (κ1) is 13.6. The van der Waals surface area contributed by atoms with Crippen molar-refractivity contribution < 1.29 is 30.0 Å². The predicted molar refractivity (Wildman–Crippen MR) is 52.6 cm³/mol. The molecule has 8 heteroatoms. The Bertz CT molecular complexity index is 253. The van der Waals surface area contributed by atoms with Gasteiger partial charge in [0.25, 0.3) is 0 Å². The number of carbonyl (C=O) groups excluding carboxylic acids is 1. The standard InChI is InChI=1S/C8H14ClNO6/c9-1-4(12)10-5-7(14)6(13)3(2-11)16-8(5)15/h3,5-8,11,13-15H,1-2H2,(H,10,12)/t3-,5-,6-,7-,8?/m1/s1. The summed E-state index contributed by atoms with van der Waals surface area (Å²) in [5, 5.41) is 39.5. The fraction of sp³-hybridized carbons (Fsp3) is 0.875. The summed E-state index contributed by atoms with van der Waals surface area (Å²) in [5.74, 6) is -0.946. The lowest BCUT2D eigenvalue weighted by molar-refractivity contribution is -0.253. The van der Waals surface area contributed by atoms with Gasteiger partial charge < -0.3 is 30.5 Å². The Hall–Kier alpha value is -0.440. The molecule has 1 fully saturated rings. The van der Waals surface area contributed by atoms with Crippen LogP contribution < -0.4 is 5.32 Å². The second-order valence-corrected chi connectivity index (χ2v) is 3.72. The van der Waals surface area contributed by atoms with E-state index in [1.807, 2.05) is 0 Å². The third-order valence-corrected chi connectivity index (χ3v) is 2.59.